The third kappa shape index (κ3) is 1.58. The second-order valence-electron chi connectivity index (χ2n) is 4.77. The van der Waals surface area contributed by atoms with Crippen molar-refractivity contribution in [3.8, 4) is 0 Å². The van der Waals surface area contributed by atoms with E-state index in [4.69, 9.17) is 10.5 Å². The van der Waals surface area contributed by atoms with E-state index in [9.17, 15) is 9.59 Å². The number of thiophene rings is 1. The van der Waals surface area contributed by atoms with Gasteiger partial charge in [0, 0.05) is 10.6 Å². The highest BCUT2D eigenvalue weighted by Crippen LogP contribution is 2.61. The van der Waals surface area contributed by atoms with Gasteiger partial charge in [-0.05, 0) is 28.8 Å². The van der Waals surface area contributed by atoms with Crippen molar-refractivity contribution in [1.82, 2.24) is 0 Å². The molecule has 2 N–H and O–H groups in total. The van der Waals surface area contributed by atoms with Crippen LogP contribution in [0.4, 0.5) is 0 Å². The summed E-state index contributed by atoms with van der Waals surface area (Å²) in [6.45, 7) is 0. The molecule has 2 unspecified atom stereocenters. The second-order valence-corrected chi connectivity index (χ2v) is 5.68. The Morgan fingerprint density at radius 3 is 2.84 bits per heavy atom. The van der Waals surface area contributed by atoms with Gasteiger partial charge in [-0.25, -0.2) is 0 Å². The van der Waals surface area contributed by atoms with Crippen molar-refractivity contribution in [1.29, 1.82) is 0 Å². The quantitative estimate of drug-likeness (QED) is 0.688. The third-order valence-corrected chi connectivity index (χ3v) is 4.82. The number of nitrogens with two attached hydrogens (primary N) is 1. The predicted octanol–water partition coefficient (Wildman–Crippen LogP) is 2.03. The molecule has 2 aromatic rings. The Morgan fingerprint density at radius 1 is 1.42 bits per heavy atom. The molecule has 2 atom stereocenters. The number of amides is 1. The first-order chi connectivity index (χ1) is 9.11. The molecule has 1 aliphatic carbocycles. The van der Waals surface area contributed by atoms with Crippen molar-refractivity contribution in [2.24, 2.45) is 11.1 Å². The maximum absolute atomic E-state index is 11.9. The van der Waals surface area contributed by atoms with Crippen molar-refractivity contribution >= 4 is 33.3 Å². The normalized spacial score (nSPS) is 25.2. The summed E-state index contributed by atoms with van der Waals surface area (Å²) in [5, 5.41) is 3.09. The van der Waals surface area contributed by atoms with E-state index in [0.29, 0.717) is 6.42 Å². The largest absolute Gasteiger partial charge is 0.468 e. The first-order valence-corrected chi connectivity index (χ1v) is 6.83. The minimum atomic E-state index is -1.17. The maximum Gasteiger partial charge on any atom is 0.322 e. The molecule has 0 aliphatic heterocycles. The number of esters is 1. The number of methoxy groups -OCH3 is 1. The zero-order chi connectivity index (χ0) is 13.6. The van der Waals surface area contributed by atoms with E-state index in [1.165, 1.54) is 7.11 Å². The fourth-order valence-corrected chi connectivity index (χ4v) is 3.70. The zero-order valence-corrected chi connectivity index (χ0v) is 11.2. The Kier molecular flexibility index (Phi) is 2.60. The molecule has 1 saturated carbocycles. The van der Waals surface area contributed by atoms with E-state index >= 15 is 0 Å². The lowest BCUT2D eigenvalue weighted by atomic mass is 9.98. The number of benzene rings is 1. The van der Waals surface area contributed by atoms with Crippen LogP contribution in [0.25, 0.3) is 10.1 Å². The van der Waals surface area contributed by atoms with Crippen LogP contribution in [0.1, 0.15) is 17.9 Å². The van der Waals surface area contributed by atoms with Crippen molar-refractivity contribution in [2.45, 2.75) is 12.3 Å². The van der Waals surface area contributed by atoms with Gasteiger partial charge in [0.05, 0.1) is 7.11 Å². The van der Waals surface area contributed by atoms with Gasteiger partial charge < -0.3 is 10.5 Å². The first-order valence-electron chi connectivity index (χ1n) is 5.95. The number of rotatable bonds is 3. The Balaban J connectivity index is 2.05. The number of hydrogen-bond donors (Lipinski definition) is 1. The van der Waals surface area contributed by atoms with Crippen molar-refractivity contribution in [3.63, 3.8) is 0 Å². The SMILES string of the molecule is COC(=O)C1(C(N)=O)CC1c1csc2ccccc12. The first kappa shape index (κ1) is 12.2. The van der Waals surface area contributed by atoms with E-state index in [1.807, 2.05) is 29.6 Å². The molecule has 4 nitrogen and oxygen atoms in total. The monoisotopic (exact) mass is 275 g/mol. The summed E-state index contributed by atoms with van der Waals surface area (Å²) in [4.78, 5) is 23.5. The van der Waals surface area contributed by atoms with Crippen LogP contribution >= 0.6 is 11.3 Å². The molecule has 98 valence electrons. The van der Waals surface area contributed by atoms with Gasteiger partial charge in [0.25, 0.3) is 0 Å². The van der Waals surface area contributed by atoms with Crippen LogP contribution in [0.5, 0.6) is 0 Å². The molecule has 1 aliphatic rings. The average molecular weight is 275 g/mol. The Morgan fingerprint density at radius 2 is 2.16 bits per heavy atom. The van der Waals surface area contributed by atoms with Gasteiger partial charge in [0.15, 0.2) is 5.41 Å². The highest BCUT2D eigenvalue weighted by atomic mass is 32.1. The number of ether oxygens (including phenoxy) is 1. The molecule has 1 fully saturated rings. The van der Waals surface area contributed by atoms with Crippen molar-refractivity contribution in [2.75, 3.05) is 7.11 Å². The van der Waals surface area contributed by atoms with Crippen LogP contribution in [0.3, 0.4) is 0 Å². The van der Waals surface area contributed by atoms with Gasteiger partial charge in [-0.3, -0.25) is 9.59 Å². The summed E-state index contributed by atoms with van der Waals surface area (Å²) in [7, 11) is 1.29. The van der Waals surface area contributed by atoms with Gasteiger partial charge in [-0.15, -0.1) is 11.3 Å². The topological polar surface area (TPSA) is 69.4 Å². The van der Waals surface area contributed by atoms with Crippen LogP contribution in [0.2, 0.25) is 0 Å². The van der Waals surface area contributed by atoms with Crippen LogP contribution < -0.4 is 5.73 Å². The van der Waals surface area contributed by atoms with E-state index in [0.717, 1.165) is 15.6 Å². The number of carbonyl (C=O) groups is 2. The second kappa shape index (κ2) is 4.06. The van der Waals surface area contributed by atoms with Gasteiger partial charge >= 0.3 is 5.97 Å². The molecule has 1 heterocycles. The number of fused-ring (bicyclic) bond motifs is 1. The Bertz CT molecular complexity index is 678. The summed E-state index contributed by atoms with van der Waals surface area (Å²) in [5.41, 5.74) is 5.26. The summed E-state index contributed by atoms with van der Waals surface area (Å²) in [6, 6.07) is 7.95. The summed E-state index contributed by atoms with van der Waals surface area (Å²) in [6.07, 6.45) is 0.440. The lowest BCUT2D eigenvalue weighted by molar-refractivity contribution is -0.151. The molecule has 5 heteroatoms. The van der Waals surface area contributed by atoms with E-state index in [-0.39, 0.29) is 5.92 Å². The van der Waals surface area contributed by atoms with Crippen molar-refractivity contribution < 1.29 is 14.3 Å². The molecule has 19 heavy (non-hydrogen) atoms. The van der Waals surface area contributed by atoms with Gasteiger partial charge in [0.1, 0.15) is 0 Å². The van der Waals surface area contributed by atoms with Crippen LogP contribution in [0, 0.1) is 5.41 Å². The van der Waals surface area contributed by atoms with E-state index in [2.05, 4.69) is 0 Å². The number of carbonyl (C=O) groups excluding carboxylic acids is 2. The molecule has 1 amide bonds. The molecule has 0 bridgehead atoms. The van der Waals surface area contributed by atoms with Gasteiger partial charge in [-0.2, -0.15) is 0 Å². The molecule has 1 aromatic heterocycles. The highest BCUT2D eigenvalue weighted by Gasteiger charge is 2.66. The number of primary amides is 1. The lowest BCUT2D eigenvalue weighted by Gasteiger charge is -2.10. The average Bonchev–Trinajstić information content (AvgIpc) is 3.04. The Labute approximate surface area is 114 Å². The molecule has 0 saturated heterocycles. The third-order valence-electron chi connectivity index (χ3n) is 3.84. The molecule has 0 radical (unpaired) electrons. The van der Waals surface area contributed by atoms with E-state index < -0.39 is 17.3 Å². The van der Waals surface area contributed by atoms with Crippen LogP contribution in [0.15, 0.2) is 29.6 Å². The molecular formula is C14H13NO3S. The van der Waals surface area contributed by atoms with Crippen LogP contribution in [-0.4, -0.2) is 19.0 Å². The molecule has 1 aromatic carbocycles. The van der Waals surface area contributed by atoms with Crippen molar-refractivity contribution in [3.05, 3.63) is 35.2 Å². The van der Waals surface area contributed by atoms with Gasteiger partial charge in [0.2, 0.25) is 5.91 Å². The Hall–Kier alpha value is -1.88. The fraction of sp³-hybridized carbons (Fsp3) is 0.286. The fourth-order valence-electron chi connectivity index (χ4n) is 2.69. The molecular weight excluding hydrogens is 262 g/mol. The van der Waals surface area contributed by atoms with E-state index in [1.54, 1.807) is 11.3 Å². The molecule has 3 rings (SSSR count). The highest BCUT2D eigenvalue weighted by molar-refractivity contribution is 7.17. The lowest BCUT2D eigenvalue weighted by Crippen LogP contribution is -2.34. The van der Waals surface area contributed by atoms with Crippen LogP contribution in [-0.2, 0) is 14.3 Å². The minimum Gasteiger partial charge on any atom is -0.468 e. The summed E-state index contributed by atoms with van der Waals surface area (Å²) < 4.78 is 5.89. The van der Waals surface area contributed by atoms with Gasteiger partial charge in [-0.1, -0.05) is 18.2 Å². The predicted molar refractivity (Wildman–Crippen MR) is 72.8 cm³/mol. The number of hydrogen-bond acceptors (Lipinski definition) is 4. The standard InChI is InChI=1S/C14H13NO3S/c1-18-13(17)14(12(15)16)6-10(14)9-7-19-11-5-3-2-4-8(9)11/h2-5,7,10H,6H2,1H3,(H2,15,16). The zero-order valence-electron chi connectivity index (χ0n) is 10.4. The summed E-state index contributed by atoms with van der Waals surface area (Å²) >= 11 is 1.61. The maximum atomic E-state index is 11.9. The minimum absolute atomic E-state index is 0.159. The molecule has 0 spiro atoms. The smallest absolute Gasteiger partial charge is 0.322 e. The summed E-state index contributed by atoms with van der Waals surface area (Å²) in [5.74, 6) is -1.28.